The van der Waals surface area contributed by atoms with E-state index in [4.69, 9.17) is 12.2 Å². The quantitative estimate of drug-likeness (QED) is 0.236. The highest BCUT2D eigenvalue weighted by Crippen LogP contribution is 2.26. The van der Waals surface area contributed by atoms with Gasteiger partial charge in [0.15, 0.2) is 14.9 Å². The number of nitro groups is 1. The molecule has 0 amide bonds. The molecule has 1 aromatic heterocycles. The molecular formula is C21H20N6O4S2. The lowest BCUT2D eigenvalue weighted by Crippen LogP contribution is -2.40. The molecule has 1 unspecified atom stereocenters. The average molecular weight is 485 g/mol. The second kappa shape index (κ2) is 9.46. The first-order chi connectivity index (χ1) is 15.8. The largest absolute Gasteiger partial charge is 0.358 e. The lowest BCUT2D eigenvalue weighted by molar-refractivity contribution is -0.384. The second-order valence-electron chi connectivity index (χ2n) is 7.46. The van der Waals surface area contributed by atoms with Crippen molar-refractivity contribution < 1.29 is 13.3 Å². The minimum absolute atomic E-state index is 0.0410. The Bertz CT molecular complexity index is 1320. The molecule has 3 aromatic rings. The van der Waals surface area contributed by atoms with E-state index in [2.05, 4.69) is 20.9 Å². The summed E-state index contributed by atoms with van der Waals surface area (Å²) in [4.78, 5) is 10.8. The lowest BCUT2D eigenvalue weighted by atomic mass is 10.1. The van der Waals surface area contributed by atoms with Gasteiger partial charge in [0.25, 0.3) is 5.69 Å². The number of hydrogen-bond donors (Lipinski definition) is 2. The van der Waals surface area contributed by atoms with E-state index in [0.29, 0.717) is 23.2 Å². The van der Waals surface area contributed by atoms with Crippen molar-refractivity contribution in [3.63, 3.8) is 0 Å². The summed E-state index contributed by atoms with van der Waals surface area (Å²) in [5, 5.41) is 23.1. The molecule has 10 nitrogen and oxygen atoms in total. The van der Waals surface area contributed by atoms with Crippen LogP contribution < -0.4 is 10.7 Å². The van der Waals surface area contributed by atoms with Crippen molar-refractivity contribution >= 4 is 39.1 Å². The van der Waals surface area contributed by atoms with Crippen LogP contribution in [0.25, 0.3) is 16.9 Å². The number of nitrogens with zero attached hydrogens (tertiary/aromatic N) is 4. The third-order valence-corrected chi connectivity index (χ3v) is 7.01. The Morgan fingerprint density at radius 1 is 1.24 bits per heavy atom. The molecule has 0 bridgehead atoms. The van der Waals surface area contributed by atoms with Gasteiger partial charge >= 0.3 is 0 Å². The van der Waals surface area contributed by atoms with Gasteiger partial charge in [0.1, 0.15) is 5.69 Å². The summed E-state index contributed by atoms with van der Waals surface area (Å²) in [5.41, 5.74) is 5.15. The monoisotopic (exact) mass is 484 g/mol. The van der Waals surface area contributed by atoms with Crippen LogP contribution in [-0.4, -0.2) is 52.0 Å². The zero-order chi connectivity index (χ0) is 23.4. The molecule has 170 valence electrons. The molecule has 1 saturated heterocycles. The van der Waals surface area contributed by atoms with Gasteiger partial charge < -0.3 is 5.32 Å². The second-order valence-corrected chi connectivity index (χ2v) is 10.1. The third kappa shape index (κ3) is 5.59. The molecule has 0 aliphatic carbocycles. The summed E-state index contributed by atoms with van der Waals surface area (Å²) < 4.78 is 24.9. The first-order valence-corrected chi connectivity index (χ1v) is 12.2. The maximum Gasteiger partial charge on any atom is 0.270 e. The van der Waals surface area contributed by atoms with Gasteiger partial charge in [-0.3, -0.25) is 15.5 Å². The van der Waals surface area contributed by atoms with Gasteiger partial charge in [-0.2, -0.15) is 10.2 Å². The minimum Gasteiger partial charge on any atom is -0.358 e. The SMILES string of the molecule is O=[N+]([O-])c1cccc(-c2nn(-c3ccccc3)cc2C=NNC(=S)NC2CCS(=O)(=O)C2)c1. The fourth-order valence-electron chi connectivity index (χ4n) is 3.47. The Labute approximate surface area is 195 Å². The Kier molecular flexibility index (Phi) is 6.47. The van der Waals surface area contributed by atoms with Crippen LogP contribution >= 0.6 is 12.2 Å². The normalized spacial score (nSPS) is 17.2. The van der Waals surface area contributed by atoms with Crippen LogP contribution in [0.1, 0.15) is 12.0 Å². The maximum absolute atomic E-state index is 11.6. The smallest absolute Gasteiger partial charge is 0.270 e. The molecule has 2 heterocycles. The molecule has 1 aliphatic heterocycles. The van der Waals surface area contributed by atoms with Crippen molar-refractivity contribution in [2.24, 2.45) is 5.10 Å². The first-order valence-electron chi connectivity index (χ1n) is 10.0. The van der Waals surface area contributed by atoms with E-state index >= 15 is 0 Å². The van der Waals surface area contributed by atoms with Crippen LogP contribution in [0.5, 0.6) is 0 Å². The van der Waals surface area contributed by atoms with E-state index in [1.807, 2.05) is 30.3 Å². The number of hydrogen-bond acceptors (Lipinski definition) is 7. The Balaban J connectivity index is 1.57. The van der Waals surface area contributed by atoms with Crippen LogP contribution in [0.15, 0.2) is 65.9 Å². The molecule has 0 radical (unpaired) electrons. The Morgan fingerprint density at radius 2 is 2.03 bits per heavy atom. The Morgan fingerprint density at radius 3 is 2.73 bits per heavy atom. The zero-order valence-electron chi connectivity index (χ0n) is 17.3. The lowest BCUT2D eigenvalue weighted by Gasteiger charge is -2.11. The van der Waals surface area contributed by atoms with Crippen molar-refractivity contribution in [3.8, 4) is 16.9 Å². The summed E-state index contributed by atoms with van der Waals surface area (Å²) >= 11 is 5.21. The van der Waals surface area contributed by atoms with E-state index < -0.39 is 14.8 Å². The van der Waals surface area contributed by atoms with E-state index in [1.54, 1.807) is 23.0 Å². The van der Waals surface area contributed by atoms with E-state index in [0.717, 1.165) is 5.69 Å². The van der Waals surface area contributed by atoms with Gasteiger partial charge in [-0.15, -0.1) is 0 Å². The van der Waals surface area contributed by atoms with E-state index in [1.165, 1.54) is 18.3 Å². The summed E-state index contributed by atoms with van der Waals surface area (Å²) in [6, 6.07) is 15.4. The van der Waals surface area contributed by atoms with Crippen molar-refractivity contribution in [2.45, 2.75) is 12.5 Å². The zero-order valence-corrected chi connectivity index (χ0v) is 18.9. The topological polar surface area (TPSA) is 132 Å². The predicted molar refractivity (Wildman–Crippen MR) is 129 cm³/mol. The number of rotatable bonds is 6. The predicted octanol–water partition coefficient (Wildman–Crippen LogP) is 2.43. The fraction of sp³-hybridized carbons (Fsp3) is 0.190. The number of thiocarbonyl (C=S) groups is 1. The third-order valence-electron chi connectivity index (χ3n) is 5.03. The molecule has 12 heteroatoms. The van der Waals surface area contributed by atoms with Gasteiger partial charge in [-0.05, 0) is 30.8 Å². The van der Waals surface area contributed by atoms with Gasteiger partial charge in [-0.25, -0.2) is 13.1 Å². The molecule has 2 N–H and O–H groups in total. The number of sulfone groups is 1. The van der Waals surface area contributed by atoms with Crippen molar-refractivity contribution in [1.82, 2.24) is 20.5 Å². The highest BCUT2D eigenvalue weighted by molar-refractivity contribution is 7.91. The number of non-ortho nitro benzene ring substituents is 1. The summed E-state index contributed by atoms with van der Waals surface area (Å²) in [6.45, 7) is 0. The van der Waals surface area contributed by atoms with Crippen LogP contribution in [0.3, 0.4) is 0 Å². The number of aromatic nitrogens is 2. The average Bonchev–Trinajstić information content (AvgIpc) is 3.37. The number of nitro benzene ring substituents is 1. The molecule has 4 rings (SSSR count). The molecule has 0 spiro atoms. The van der Waals surface area contributed by atoms with E-state index in [-0.39, 0.29) is 28.3 Å². The standard InChI is InChI=1S/C21H20N6O4S2/c28-27(29)19-8-4-5-15(11-19)20-16(13-26(25-20)18-6-2-1-3-7-18)12-22-24-21(32)23-17-9-10-33(30,31)14-17/h1-8,11-13,17H,9-10,14H2,(H2,23,24,32). The van der Waals surface area contributed by atoms with Gasteiger partial charge in [0.05, 0.1) is 28.3 Å². The highest BCUT2D eigenvalue weighted by atomic mass is 32.2. The molecule has 1 aliphatic rings. The molecule has 0 saturated carbocycles. The molecular weight excluding hydrogens is 464 g/mol. The number of benzene rings is 2. The summed E-state index contributed by atoms with van der Waals surface area (Å²) in [5.74, 6) is 0.182. The van der Waals surface area contributed by atoms with Crippen LogP contribution in [0.4, 0.5) is 5.69 Å². The van der Waals surface area contributed by atoms with Crippen LogP contribution in [0, 0.1) is 10.1 Å². The summed E-state index contributed by atoms with van der Waals surface area (Å²) in [7, 11) is -3.02. The molecule has 2 aromatic carbocycles. The first kappa shape index (κ1) is 22.6. The number of para-hydroxylation sites is 1. The van der Waals surface area contributed by atoms with Crippen molar-refractivity contribution in [2.75, 3.05) is 11.5 Å². The van der Waals surface area contributed by atoms with Crippen molar-refractivity contribution in [3.05, 3.63) is 76.5 Å². The molecule has 1 fully saturated rings. The van der Waals surface area contributed by atoms with E-state index in [9.17, 15) is 18.5 Å². The number of hydrazone groups is 1. The van der Waals surface area contributed by atoms with Crippen molar-refractivity contribution in [1.29, 1.82) is 0 Å². The Hall–Kier alpha value is -3.64. The van der Waals surface area contributed by atoms with Gasteiger partial charge in [-0.1, -0.05) is 30.3 Å². The fourth-order valence-corrected chi connectivity index (χ4v) is 5.37. The summed E-state index contributed by atoms with van der Waals surface area (Å²) in [6.07, 6.45) is 3.77. The molecule has 1 atom stereocenters. The highest BCUT2D eigenvalue weighted by Gasteiger charge is 2.28. The minimum atomic E-state index is -3.02. The van der Waals surface area contributed by atoms with Gasteiger partial charge in [0, 0.05) is 35.5 Å². The van der Waals surface area contributed by atoms with Crippen LogP contribution in [0.2, 0.25) is 0 Å². The molecule has 33 heavy (non-hydrogen) atoms. The van der Waals surface area contributed by atoms with Crippen LogP contribution in [-0.2, 0) is 9.84 Å². The van der Waals surface area contributed by atoms with Gasteiger partial charge in [0.2, 0.25) is 0 Å². The number of nitrogens with one attached hydrogen (secondary N) is 2. The maximum atomic E-state index is 11.6.